The molecule has 0 atom stereocenters. The number of nitro benzene ring substituents is 1. The van der Waals surface area contributed by atoms with Gasteiger partial charge in [0.05, 0.1) is 17.2 Å². The minimum atomic E-state index is -0.554. The van der Waals surface area contributed by atoms with E-state index >= 15 is 0 Å². The van der Waals surface area contributed by atoms with Crippen molar-refractivity contribution >= 4 is 57.5 Å². The third kappa shape index (κ3) is 6.53. The maximum Gasteiger partial charge on any atom is 0.270 e. The summed E-state index contributed by atoms with van der Waals surface area (Å²) in [5, 5.41) is 25.2. The van der Waals surface area contributed by atoms with Crippen LogP contribution >= 0.6 is 34.4 Å². The summed E-state index contributed by atoms with van der Waals surface area (Å²) in [6, 6.07) is 11.4. The van der Waals surface area contributed by atoms with Crippen LogP contribution in [0.15, 0.2) is 47.6 Å². The van der Waals surface area contributed by atoms with Crippen LogP contribution < -0.4 is 10.6 Å². The van der Waals surface area contributed by atoms with E-state index in [4.69, 9.17) is 0 Å². The number of carbonyl (C=O) groups is 2. The van der Waals surface area contributed by atoms with Gasteiger partial charge in [-0.3, -0.25) is 19.7 Å². The highest BCUT2D eigenvalue weighted by Crippen LogP contribution is 2.26. The Bertz CT molecular complexity index is 1230. The number of nitrogens with one attached hydrogen (secondary N) is 2. The number of non-ortho nitro benzene ring substituents is 1. The fourth-order valence-electron chi connectivity index (χ4n) is 3.09. The van der Waals surface area contributed by atoms with Crippen molar-refractivity contribution in [1.82, 2.24) is 20.1 Å². The lowest BCUT2D eigenvalue weighted by Gasteiger charge is -2.14. The monoisotopic (exact) mass is 594 g/mol. The molecule has 34 heavy (non-hydrogen) atoms. The highest BCUT2D eigenvalue weighted by molar-refractivity contribution is 14.1. The Balaban J connectivity index is 1.56. The summed E-state index contributed by atoms with van der Waals surface area (Å²) in [7, 11) is 1.74. The molecule has 1 heterocycles. The van der Waals surface area contributed by atoms with Crippen molar-refractivity contribution in [1.29, 1.82) is 0 Å². The van der Waals surface area contributed by atoms with E-state index in [0.29, 0.717) is 11.0 Å². The summed E-state index contributed by atoms with van der Waals surface area (Å²) < 4.78 is 2.80. The number of nitrogens with zero attached hydrogens (tertiary/aromatic N) is 4. The van der Waals surface area contributed by atoms with Gasteiger partial charge in [0.2, 0.25) is 5.91 Å². The van der Waals surface area contributed by atoms with Gasteiger partial charge in [-0.25, -0.2) is 0 Å². The molecule has 0 unspecified atom stereocenters. The normalized spacial score (nSPS) is 10.9. The molecule has 0 aliphatic heterocycles. The Morgan fingerprint density at radius 3 is 2.68 bits per heavy atom. The van der Waals surface area contributed by atoms with Crippen LogP contribution in [0.25, 0.3) is 0 Å². The Hall–Kier alpha value is -3.00. The summed E-state index contributed by atoms with van der Waals surface area (Å²) >= 11 is 3.49. The summed E-state index contributed by atoms with van der Waals surface area (Å²) in [5.74, 6) is 0.295. The second kappa shape index (κ2) is 11.4. The van der Waals surface area contributed by atoms with Crippen molar-refractivity contribution in [2.75, 3.05) is 11.1 Å². The van der Waals surface area contributed by atoms with Gasteiger partial charge in [-0.05, 0) is 58.3 Å². The van der Waals surface area contributed by atoms with Gasteiger partial charge in [0.1, 0.15) is 0 Å². The molecule has 10 nitrogen and oxygen atoms in total. The molecule has 0 radical (unpaired) electrons. The molecule has 1 aromatic heterocycles. The van der Waals surface area contributed by atoms with Gasteiger partial charge < -0.3 is 15.2 Å². The summed E-state index contributed by atoms with van der Waals surface area (Å²) in [6.07, 6.45) is 0. The number of hydrogen-bond acceptors (Lipinski definition) is 7. The molecule has 3 aromatic rings. The molecule has 2 amide bonds. The van der Waals surface area contributed by atoms with Crippen LogP contribution in [0.4, 0.5) is 11.4 Å². The second-order valence-electron chi connectivity index (χ2n) is 7.67. The minimum absolute atomic E-state index is 0.0815. The third-order valence-electron chi connectivity index (χ3n) is 4.89. The van der Waals surface area contributed by atoms with Gasteiger partial charge in [-0.1, -0.05) is 31.7 Å². The standard InChI is InChI=1S/C22H23IN6O4S/c1-13(2)17-10-15(23)7-8-18(17)25-20(30)12-34-22-27-26-19(28(22)3)11-24-21(31)14-5-4-6-16(9-14)29(32)33/h4-10,13H,11-12H2,1-3H3,(H,24,31)(H,25,30). The summed E-state index contributed by atoms with van der Waals surface area (Å²) in [6.45, 7) is 4.24. The van der Waals surface area contributed by atoms with Crippen molar-refractivity contribution in [2.45, 2.75) is 31.5 Å². The number of aromatic nitrogens is 3. The van der Waals surface area contributed by atoms with Crippen molar-refractivity contribution in [3.8, 4) is 0 Å². The van der Waals surface area contributed by atoms with Crippen molar-refractivity contribution in [3.63, 3.8) is 0 Å². The van der Waals surface area contributed by atoms with Gasteiger partial charge in [0.15, 0.2) is 11.0 Å². The molecule has 0 bridgehead atoms. The van der Waals surface area contributed by atoms with Crippen molar-refractivity contribution in [2.24, 2.45) is 7.05 Å². The van der Waals surface area contributed by atoms with Crippen LogP contribution in [0.3, 0.4) is 0 Å². The zero-order chi connectivity index (χ0) is 24.8. The lowest BCUT2D eigenvalue weighted by atomic mass is 10.0. The van der Waals surface area contributed by atoms with E-state index < -0.39 is 10.8 Å². The van der Waals surface area contributed by atoms with Crippen molar-refractivity contribution < 1.29 is 14.5 Å². The summed E-state index contributed by atoms with van der Waals surface area (Å²) in [4.78, 5) is 35.2. The largest absolute Gasteiger partial charge is 0.345 e. The second-order valence-corrected chi connectivity index (χ2v) is 9.86. The number of anilines is 1. The van der Waals surface area contributed by atoms with E-state index in [1.807, 2.05) is 12.1 Å². The molecule has 0 aliphatic carbocycles. The first kappa shape index (κ1) is 25.6. The molecular weight excluding hydrogens is 571 g/mol. The van der Waals surface area contributed by atoms with Crippen LogP contribution in [-0.4, -0.2) is 37.3 Å². The average Bonchev–Trinajstić information content (AvgIpc) is 3.16. The number of amides is 2. The van der Waals surface area contributed by atoms with E-state index in [2.05, 4.69) is 63.3 Å². The van der Waals surface area contributed by atoms with E-state index in [-0.39, 0.29) is 35.4 Å². The van der Waals surface area contributed by atoms with E-state index in [1.165, 1.54) is 36.0 Å². The van der Waals surface area contributed by atoms with E-state index in [9.17, 15) is 19.7 Å². The van der Waals surface area contributed by atoms with E-state index in [0.717, 1.165) is 14.8 Å². The number of rotatable bonds is 9. The quantitative estimate of drug-likeness (QED) is 0.165. The molecule has 2 aromatic carbocycles. The minimum Gasteiger partial charge on any atom is -0.345 e. The molecular formula is C22H23IN6O4S. The fraction of sp³-hybridized carbons (Fsp3) is 0.273. The average molecular weight is 594 g/mol. The van der Waals surface area contributed by atoms with Crippen LogP contribution in [0.1, 0.15) is 41.5 Å². The molecule has 178 valence electrons. The molecule has 2 N–H and O–H groups in total. The molecule has 3 rings (SSSR count). The van der Waals surface area contributed by atoms with Crippen LogP contribution in [0, 0.1) is 13.7 Å². The van der Waals surface area contributed by atoms with Crippen LogP contribution in [0.2, 0.25) is 0 Å². The predicted octanol–water partition coefficient (Wildman–Crippen LogP) is 4.11. The molecule has 12 heteroatoms. The van der Waals surface area contributed by atoms with Gasteiger partial charge in [-0.2, -0.15) is 0 Å². The maximum atomic E-state index is 12.5. The zero-order valence-electron chi connectivity index (χ0n) is 18.7. The predicted molar refractivity (Wildman–Crippen MR) is 138 cm³/mol. The van der Waals surface area contributed by atoms with Gasteiger partial charge >= 0.3 is 0 Å². The Kier molecular flexibility index (Phi) is 8.61. The first-order valence-electron chi connectivity index (χ1n) is 10.3. The zero-order valence-corrected chi connectivity index (χ0v) is 21.7. The maximum absolute atomic E-state index is 12.5. The first-order valence-corrected chi connectivity index (χ1v) is 12.3. The smallest absolute Gasteiger partial charge is 0.270 e. The molecule has 0 aliphatic rings. The van der Waals surface area contributed by atoms with Gasteiger partial charge in [0, 0.05) is 34.0 Å². The van der Waals surface area contributed by atoms with Crippen LogP contribution in [0.5, 0.6) is 0 Å². The number of benzene rings is 2. The number of nitro groups is 1. The van der Waals surface area contributed by atoms with Crippen LogP contribution in [-0.2, 0) is 18.4 Å². The van der Waals surface area contributed by atoms with Crippen molar-refractivity contribution in [3.05, 3.63) is 73.1 Å². The number of hydrogen-bond donors (Lipinski definition) is 2. The highest BCUT2D eigenvalue weighted by Gasteiger charge is 2.16. The lowest BCUT2D eigenvalue weighted by molar-refractivity contribution is -0.384. The van der Waals surface area contributed by atoms with Gasteiger partial charge in [0.25, 0.3) is 11.6 Å². The highest BCUT2D eigenvalue weighted by atomic mass is 127. The SMILES string of the molecule is CC(C)c1cc(I)ccc1NC(=O)CSc1nnc(CNC(=O)c2cccc([N+](=O)[O-])c2)n1C. The van der Waals surface area contributed by atoms with E-state index in [1.54, 1.807) is 11.6 Å². The number of carbonyl (C=O) groups excluding carboxylic acids is 2. The fourth-order valence-corrected chi connectivity index (χ4v) is 4.33. The molecule has 0 fully saturated rings. The molecule has 0 saturated heterocycles. The molecule has 0 spiro atoms. The Morgan fingerprint density at radius 1 is 1.21 bits per heavy atom. The molecule has 0 saturated carbocycles. The Morgan fingerprint density at radius 2 is 1.97 bits per heavy atom. The Labute approximate surface area is 214 Å². The lowest BCUT2D eigenvalue weighted by Crippen LogP contribution is -2.24. The van der Waals surface area contributed by atoms with Gasteiger partial charge in [-0.15, -0.1) is 10.2 Å². The number of halogens is 1. The summed E-state index contributed by atoms with van der Waals surface area (Å²) in [5.41, 5.74) is 1.89. The third-order valence-corrected chi connectivity index (χ3v) is 6.58. The first-order chi connectivity index (χ1) is 16.2. The number of thioether (sulfide) groups is 1. The topological polar surface area (TPSA) is 132 Å².